The standard InChI is InChI=1S/C10H15NO5/c1-10(15,6-12)5-11-3-8-2-7(4-16-8)9(13)14/h2,4,11-12,15H,3,5-6H2,1H3,(H,13,14). The van der Waals surface area contributed by atoms with Gasteiger partial charge in [0, 0.05) is 6.54 Å². The molecule has 90 valence electrons. The zero-order chi connectivity index (χ0) is 12.2. The van der Waals surface area contributed by atoms with Crippen LogP contribution in [0.2, 0.25) is 0 Å². The van der Waals surface area contributed by atoms with Crippen LogP contribution in [0, 0.1) is 0 Å². The minimum atomic E-state index is -1.19. The van der Waals surface area contributed by atoms with Gasteiger partial charge in [0.25, 0.3) is 0 Å². The minimum Gasteiger partial charge on any atom is -0.478 e. The summed E-state index contributed by atoms with van der Waals surface area (Å²) in [5, 5.41) is 29.7. The molecule has 0 fully saturated rings. The number of furan rings is 1. The molecular formula is C10H15NO5. The molecule has 1 aromatic rings. The van der Waals surface area contributed by atoms with Gasteiger partial charge in [0.05, 0.1) is 24.3 Å². The van der Waals surface area contributed by atoms with E-state index >= 15 is 0 Å². The number of nitrogens with one attached hydrogen (secondary N) is 1. The van der Waals surface area contributed by atoms with E-state index in [0.717, 1.165) is 6.26 Å². The third-order valence-electron chi connectivity index (χ3n) is 2.05. The smallest absolute Gasteiger partial charge is 0.338 e. The molecule has 16 heavy (non-hydrogen) atoms. The summed E-state index contributed by atoms with van der Waals surface area (Å²) in [5.41, 5.74) is -1.10. The average Bonchev–Trinajstić information content (AvgIpc) is 2.66. The minimum absolute atomic E-state index is 0.0886. The fraction of sp³-hybridized carbons (Fsp3) is 0.500. The van der Waals surface area contributed by atoms with Gasteiger partial charge in [0.15, 0.2) is 0 Å². The van der Waals surface area contributed by atoms with Crippen LogP contribution < -0.4 is 5.32 Å². The van der Waals surface area contributed by atoms with Crippen LogP contribution in [0.3, 0.4) is 0 Å². The average molecular weight is 229 g/mol. The quantitative estimate of drug-likeness (QED) is 0.539. The fourth-order valence-corrected chi connectivity index (χ4v) is 1.10. The molecule has 6 nitrogen and oxygen atoms in total. The number of aromatic carboxylic acids is 1. The fourth-order valence-electron chi connectivity index (χ4n) is 1.10. The normalized spacial score (nSPS) is 14.7. The Morgan fingerprint density at radius 2 is 2.31 bits per heavy atom. The van der Waals surface area contributed by atoms with Crippen LogP contribution in [0.15, 0.2) is 16.7 Å². The van der Waals surface area contributed by atoms with Crippen LogP contribution in [0.25, 0.3) is 0 Å². The van der Waals surface area contributed by atoms with Crippen molar-refractivity contribution in [2.75, 3.05) is 13.2 Å². The molecule has 0 aliphatic rings. The number of carboxylic acid groups (broad SMARTS) is 1. The molecular weight excluding hydrogens is 214 g/mol. The molecule has 1 unspecified atom stereocenters. The maximum Gasteiger partial charge on any atom is 0.338 e. The first-order valence-corrected chi connectivity index (χ1v) is 4.79. The van der Waals surface area contributed by atoms with Crippen molar-refractivity contribution in [3.63, 3.8) is 0 Å². The Bertz CT molecular complexity index is 358. The Morgan fingerprint density at radius 1 is 1.62 bits per heavy atom. The van der Waals surface area contributed by atoms with E-state index in [1.54, 1.807) is 0 Å². The van der Waals surface area contributed by atoms with Crippen molar-refractivity contribution >= 4 is 5.97 Å². The molecule has 1 heterocycles. The van der Waals surface area contributed by atoms with Gasteiger partial charge in [0.1, 0.15) is 12.0 Å². The molecule has 0 saturated carbocycles. The molecule has 1 aromatic heterocycles. The third-order valence-corrected chi connectivity index (χ3v) is 2.05. The van der Waals surface area contributed by atoms with Gasteiger partial charge in [0.2, 0.25) is 0 Å². The second-order valence-corrected chi connectivity index (χ2v) is 3.87. The molecule has 1 atom stereocenters. The molecule has 6 heteroatoms. The molecule has 0 aliphatic carbocycles. The second-order valence-electron chi connectivity index (χ2n) is 3.87. The van der Waals surface area contributed by atoms with Gasteiger partial charge in [-0.15, -0.1) is 0 Å². The number of carbonyl (C=O) groups is 1. The first-order valence-electron chi connectivity index (χ1n) is 4.79. The lowest BCUT2D eigenvalue weighted by atomic mass is 10.1. The first kappa shape index (κ1) is 12.7. The lowest BCUT2D eigenvalue weighted by Gasteiger charge is -2.20. The number of aliphatic hydroxyl groups is 2. The van der Waals surface area contributed by atoms with E-state index in [0.29, 0.717) is 12.3 Å². The molecule has 4 N–H and O–H groups in total. The van der Waals surface area contributed by atoms with Crippen molar-refractivity contribution in [2.45, 2.75) is 19.1 Å². The van der Waals surface area contributed by atoms with E-state index in [4.69, 9.17) is 14.6 Å². The molecule has 0 aliphatic heterocycles. The van der Waals surface area contributed by atoms with Crippen molar-refractivity contribution in [1.82, 2.24) is 5.32 Å². The number of rotatable bonds is 6. The van der Waals surface area contributed by atoms with Crippen molar-refractivity contribution in [1.29, 1.82) is 0 Å². The van der Waals surface area contributed by atoms with Crippen LogP contribution in [0.5, 0.6) is 0 Å². The number of aliphatic hydroxyl groups excluding tert-OH is 1. The first-order chi connectivity index (χ1) is 7.44. The summed E-state index contributed by atoms with van der Waals surface area (Å²) < 4.78 is 4.99. The predicted octanol–water partition coefficient (Wildman–Crippen LogP) is -0.189. The summed E-state index contributed by atoms with van der Waals surface area (Å²) in [6.07, 6.45) is 1.16. The predicted molar refractivity (Wildman–Crippen MR) is 55.1 cm³/mol. The highest BCUT2D eigenvalue weighted by Gasteiger charge is 2.18. The summed E-state index contributed by atoms with van der Waals surface area (Å²) in [6.45, 7) is 1.62. The molecule has 1 rings (SSSR count). The maximum atomic E-state index is 10.5. The van der Waals surface area contributed by atoms with E-state index in [1.165, 1.54) is 13.0 Å². The van der Waals surface area contributed by atoms with E-state index in [9.17, 15) is 9.90 Å². The number of hydrogen-bond donors (Lipinski definition) is 4. The maximum absolute atomic E-state index is 10.5. The summed E-state index contributed by atoms with van der Waals surface area (Å²) in [5.74, 6) is -0.580. The van der Waals surface area contributed by atoms with E-state index in [-0.39, 0.29) is 18.7 Å². The van der Waals surface area contributed by atoms with Gasteiger partial charge >= 0.3 is 5.97 Å². The topological polar surface area (TPSA) is 103 Å². The highest BCUT2D eigenvalue weighted by molar-refractivity contribution is 5.87. The molecule has 0 saturated heterocycles. The Balaban J connectivity index is 2.40. The van der Waals surface area contributed by atoms with Crippen molar-refractivity contribution < 1.29 is 24.5 Å². The highest BCUT2D eigenvalue weighted by atomic mass is 16.4. The molecule has 0 bridgehead atoms. The molecule has 0 amide bonds. The largest absolute Gasteiger partial charge is 0.478 e. The van der Waals surface area contributed by atoms with Gasteiger partial charge in [-0.05, 0) is 13.0 Å². The monoisotopic (exact) mass is 229 g/mol. The summed E-state index contributed by atoms with van der Waals surface area (Å²) >= 11 is 0. The lowest BCUT2D eigenvalue weighted by Crippen LogP contribution is -2.40. The van der Waals surface area contributed by atoms with Crippen LogP contribution in [0.1, 0.15) is 23.0 Å². The van der Waals surface area contributed by atoms with Gasteiger partial charge in [-0.3, -0.25) is 0 Å². The van der Waals surface area contributed by atoms with Crippen LogP contribution in [-0.2, 0) is 6.54 Å². The SMILES string of the molecule is CC(O)(CO)CNCc1cc(C(=O)O)co1. The van der Waals surface area contributed by atoms with Crippen LogP contribution in [-0.4, -0.2) is 40.0 Å². The van der Waals surface area contributed by atoms with Crippen molar-refractivity contribution in [3.05, 3.63) is 23.7 Å². The van der Waals surface area contributed by atoms with Gasteiger partial charge in [-0.2, -0.15) is 0 Å². The summed E-state index contributed by atoms with van der Waals surface area (Å²) in [7, 11) is 0. The van der Waals surface area contributed by atoms with Crippen molar-refractivity contribution in [3.8, 4) is 0 Å². The Labute approximate surface area is 92.5 Å². The van der Waals surface area contributed by atoms with E-state index in [2.05, 4.69) is 5.32 Å². The lowest BCUT2D eigenvalue weighted by molar-refractivity contribution is 0.00227. The molecule has 0 spiro atoms. The molecule has 0 aromatic carbocycles. The van der Waals surface area contributed by atoms with E-state index in [1.807, 2.05) is 0 Å². The second kappa shape index (κ2) is 5.11. The van der Waals surface area contributed by atoms with Gasteiger partial charge in [-0.1, -0.05) is 0 Å². The Kier molecular flexibility index (Phi) is 4.05. The third kappa shape index (κ3) is 3.65. The van der Waals surface area contributed by atoms with Crippen molar-refractivity contribution in [2.24, 2.45) is 0 Å². The van der Waals surface area contributed by atoms with Gasteiger partial charge < -0.3 is 25.1 Å². The zero-order valence-electron chi connectivity index (χ0n) is 8.93. The molecule has 0 radical (unpaired) electrons. The van der Waals surface area contributed by atoms with Crippen LogP contribution in [0.4, 0.5) is 0 Å². The van der Waals surface area contributed by atoms with Gasteiger partial charge in [-0.25, -0.2) is 4.79 Å². The summed E-state index contributed by atoms with van der Waals surface area (Å²) in [6, 6.07) is 1.41. The number of hydrogen-bond acceptors (Lipinski definition) is 5. The summed E-state index contributed by atoms with van der Waals surface area (Å²) in [4.78, 5) is 10.5. The zero-order valence-corrected chi connectivity index (χ0v) is 8.93. The highest BCUT2D eigenvalue weighted by Crippen LogP contribution is 2.08. The number of carboxylic acids is 1. The Hall–Kier alpha value is -1.37. The van der Waals surface area contributed by atoms with E-state index < -0.39 is 11.6 Å². The Morgan fingerprint density at radius 3 is 2.81 bits per heavy atom. The van der Waals surface area contributed by atoms with Crippen LogP contribution >= 0.6 is 0 Å².